The lowest BCUT2D eigenvalue weighted by Gasteiger charge is -2.36. The molecule has 1 fully saturated rings. The van der Waals surface area contributed by atoms with Gasteiger partial charge >= 0.3 is 0 Å². The number of piperazine rings is 1. The molecule has 1 saturated heterocycles. The van der Waals surface area contributed by atoms with Crippen molar-refractivity contribution in [1.82, 2.24) is 8.61 Å². The van der Waals surface area contributed by atoms with E-state index in [2.05, 4.69) is 5.32 Å². The van der Waals surface area contributed by atoms with Crippen LogP contribution in [-0.4, -0.2) is 62.2 Å². The van der Waals surface area contributed by atoms with Gasteiger partial charge in [-0.05, 0) is 17.7 Å². The fourth-order valence-corrected chi connectivity index (χ4v) is 4.31. The van der Waals surface area contributed by atoms with Crippen LogP contribution in [0.25, 0.3) is 0 Å². The summed E-state index contributed by atoms with van der Waals surface area (Å²) < 4.78 is 27.2. The topological polar surface area (TPSA) is 99.0 Å². The molecule has 0 aromatic heterocycles. The highest BCUT2D eigenvalue weighted by Crippen LogP contribution is 2.30. The molecular weight excluding hydrogens is 394 g/mol. The lowest BCUT2D eigenvalue weighted by molar-refractivity contribution is -0.384. The van der Waals surface area contributed by atoms with E-state index in [0.29, 0.717) is 38.4 Å². The highest BCUT2D eigenvalue weighted by Gasteiger charge is 2.29. The molecule has 1 heterocycles. The molecule has 1 N–H and O–H groups in total. The maximum atomic E-state index is 12.3. The second-order valence-corrected chi connectivity index (χ2v) is 9.12. The van der Waals surface area contributed by atoms with Crippen LogP contribution in [0.2, 0.25) is 0 Å². The lowest BCUT2D eigenvalue weighted by atomic mass is 10.2. The van der Waals surface area contributed by atoms with Crippen molar-refractivity contribution in [1.29, 1.82) is 0 Å². The molecule has 0 amide bonds. The predicted molar refractivity (Wildman–Crippen MR) is 113 cm³/mol. The van der Waals surface area contributed by atoms with Crippen molar-refractivity contribution in [3.63, 3.8) is 0 Å². The Bertz CT molecular complexity index is 958. The first-order valence-corrected chi connectivity index (χ1v) is 10.7. The fourth-order valence-electron chi connectivity index (χ4n) is 3.22. The van der Waals surface area contributed by atoms with E-state index in [1.807, 2.05) is 35.2 Å². The lowest BCUT2D eigenvalue weighted by Crippen LogP contribution is -2.51. The molecule has 0 atom stereocenters. The Balaban J connectivity index is 1.74. The molecule has 3 rings (SSSR count). The first kappa shape index (κ1) is 21.0. The quantitative estimate of drug-likeness (QED) is 0.545. The Labute approximate surface area is 170 Å². The average molecular weight is 420 g/mol. The van der Waals surface area contributed by atoms with Crippen molar-refractivity contribution in [2.45, 2.75) is 6.54 Å². The van der Waals surface area contributed by atoms with Gasteiger partial charge in [0.05, 0.1) is 4.92 Å². The molecular formula is C19H25N5O4S. The molecule has 29 heavy (non-hydrogen) atoms. The minimum absolute atomic E-state index is 0.0125. The van der Waals surface area contributed by atoms with Gasteiger partial charge in [0.25, 0.3) is 15.9 Å². The number of nitro groups is 1. The number of hydrogen-bond acceptors (Lipinski definition) is 6. The SMILES string of the molecule is CN(C)S(=O)(=O)N1CCN(c2ccc([N+](=O)[O-])c(NCc3ccccc3)c2)CC1. The molecule has 0 unspecified atom stereocenters. The molecule has 0 spiro atoms. The van der Waals surface area contributed by atoms with Crippen molar-refractivity contribution in [3.8, 4) is 0 Å². The zero-order chi connectivity index (χ0) is 21.0. The minimum Gasteiger partial charge on any atom is -0.375 e. The first-order valence-electron chi connectivity index (χ1n) is 9.28. The number of rotatable bonds is 7. The predicted octanol–water partition coefficient (Wildman–Crippen LogP) is 2.14. The van der Waals surface area contributed by atoms with Gasteiger partial charge in [-0.15, -0.1) is 0 Å². The Morgan fingerprint density at radius 3 is 2.31 bits per heavy atom. The van der Waals surface area contributed by atoms with Crippen LogP contribution in [0, 0.1) is 10.1 Å². The van der Waals surface area contributed by atoms with Gasteiger partial charge in [-0.1, -0.05) is 30.3 Å². The second kappa shape index (κ2) is 8.76. The van der Waals surface area contributed by atoms with Crippen molar-refractivity contribution >= 4 is 27.3 Å². The van der Waals surface area contributed by atoms with Crippen molar-refractivity contribution in [3.05, 3.63) is 64.2 Å². The summed E-state index contributed by atoms with van der Waals surface area (Å²) in [6, 6.07) is 14.6. The molecule has 9 nitrogen and oxygen atoms in total. The van der Waals surface area contributed by atoms with Crippen LogP contribution in [0.3, 0.4) is 0 Å². The van der Waals surface area contributed by atoms with Crippen molar-refractivity contribution < 1.29 is 13.3 Å². The van der Waals surface area contributed by atoms with E-state index in [1.54, 1.807) is 12.1 Å². The number of nitrogens with zero attached hydrogens (tertiary/aromatic N) is 4. The van der Waals surface area contributed by atoms with E-state index >= 15 is 0 Å². The van der Waals surface area contributed by atoms with Crippen LogP contribution in [0.5, 0.6) is 0 Å². The van der Waals surface area contributed by atoms with Gasteiger partial charge in [0.2, 0.25) is 0 Å². The number of nitrogens with one attached hydrogen (secondary N) is 1. The van der Waals surface area contributed by atoms with E-state index in [0.717, 1.165) is 11.3 Å². The number of anilines is 2. The van der Waals surface area contributed by atoms with E-state index in [4.69, 9.17) is 0 Å². The highest BCUT2D eigenvalue weighted by atomic mass is 32.2. The molecule has 2 aromatic rings. The van der Waals surface area contributed by atoms with Gasteiger partial charge in [-0.25, -0.2) is 0 Å². The van der Waals surface area contributed by atoms with Crippen LogP contribution in [-0.2, 0) is 16.8 Å². The van der Waals surface area contributed by atoms with E-state index in [1.165, 1.54) is 28.8 Å². The molecule has 0 aliphatic carbocycles. The van der Waals surface area contributed by atoms with Gasteiger partial charge in [0, 0.05) is 58.6 Å². The van der Waals surface area contributed by atoms with Gasteiger partial charge in [-0.3, -0.25) is 10.1 Å². The van der Waals surface area contributed by atoms with Crippen molar-refractivity contribution in [2.75, 3.05) is 50.5 Å². The third-order valence-electron chi connectivity index (χ3n) is 4.89. The van der Waals surface area contributed by atoms with Crippen LogP contribution in [0.4, 0.5) is 17.1 Å². The van der Waals surface area contributed by atoms with Crippen LogP contribution < -0.4 is 10.2 Å². The molecule has 156 valence electrons. The molecule has 0 radical (unpaired) electrons. The molecule has 1 aliphatic rings. The molecule has 2 aromatic carbocycles. The minimum atomic E-state index is -3.43. The summed E-state index contributed by atoms with van der Waals surface area (Å²) in [7, 11) is -0.399. The van der Waals surface area contributed by atoms with Gasteiger partial charge in [0.15, 0.2) is 0 Å². The summed E-state index contributed by atoms with van der Waals surface area (Å²) in [4.78, 5) is 13.0. The molecule has 0 saturated carbocycles. The van der Waals surface area contributed by atoms with E-state index in [-0.39, 0.29) is 5.69 Å². The van der Waals surface area contributed by atoms with Crippen LogP contribution in [0.15, 0.2) is 48.5 Å². The zero-order valence-corrected chi connectivity index (χ0v) is 17.3. The van der Waals surface area contributed by atoms with Crippen LogP contribution in [0.1, 0.15) is 5.56 Å². The van der Waals surface area contributed by atoms with Crippen LogP contribution >= 0.6 is 0 Å². The van der Waals surface area contributed by atoms with Gasteiger partial charge < -0.3 is 10.2 Å². The number of nitro benzene ring substituents is 1. The smallest absolute Gasteiger partial charge is 0.292 e. The molecule has 0 bridgehead atoms. The maximum Gasteiger partial charge on any atom is 0.292 e. The largest absolute Gasteiger partial charge is 0.375 e. The van der Waals surface area contributed by atoms with Gasteiger partial charge in [0.1, 0.15) is 5.69 Å². The van der Waals surface area contributed by atoms with E-state index < -0.39 is 15.1 Å². The Morgan fingerprint density at radius 1 is 1.07 bits per heavy atom. The fraction of sp³-hybridized carbons (Fsp3) is 0.368. The third-order valence-corrected chi connectivity index (χ3v) is 6.83. The summed E-state index contributed by atoms with van der Waals surface area (Å²) >= 11 is 0. The standard InChI is InChI=1S/C19H25N5O4S/c1-21(2)29(27,28)23-12-10-22(11-13-23)17-8-9-19(24(25)26)18(14-17)20-15-16-6-4-3-5-7-16/h3-9,14,20H,10-13,15H2,1-2H3. The normalized spacial score (nSPS) is 15.5. The van der Waals surface area contributed by atoms with Gasteiger partial charge in [-0.2, -0.15) is 17.0 Å². The van der Waals surface area contributed by atoms with E-state index in [9.17, 15) is 18.5 Å². The number of benzene rings is 2. The Morgan fingerprint density at radius 2 is 1.72 bits per heavy atom. The molecule has 1 aliphatic heterocycles. The zero-order valence-electron chi connectivity index (χ0n) is 16.5. The molecule has 10 heteroatoms. The monoisotopic (exact) mass is 419 g/mol. The summed E-state index contributed by atoms with van der Waals surface area (Å²) in [5.74, 6) is 0. The summed E-state index contributed by atoms with van der Waals surface area (Å²) in [5, 5.41) is 14.6. The average Bonchev–Trinajstić information content (AvgIpc) is 2.72. The second-order valence-electron chi connectivity index (χ2n) is 6.97. The third kappa shape index (κ3) is 4.84. The summed E-state index contributed by atoms with van der Waals surface area (Å²) in [6.45, 7) is 2.24. The summed E-state index contributed by atoms with van der Waals surface area (Å²) in [6.07, 6.45) is 0. The summed E-state index contributed by atoms with van der Waals surface area (Å²) in [5.41, 5.74) is 2.31. The van der Waals surface area contributed by atoms with Crippen molar-refractivity contribution in [2.24, 2.45) is 0 Å². The maximum absolute atomic E-state index is 12.3. The highest BCUT2D eigenvalue weighted by molar-refractivity contribution is 7.86. The Hall–Kier alpha value is -2.69. The number of hydrogen-bond donors (Lipinski definition) is 1. The first-order chi connectivity index (χ1) is 13.8. The Kier molecular flexibility index (Phi) is 6.36.